The van der Waals surface area contributed by atoms with E-state index in [9.17, 15) is 4.79 Å². The van der Waals surface area contributed by atoms with Gasteiger partial charge in [0.15, 0.2) is 6.10 Å². The third kappa shape index (κ3) is 2.80. The summed E-state index contributed by atoms with van der Waals surface area (Å²) in [5.41, 5.74) is 0. The maximum Gasteiger partial charge on any atom is 0.337 e. The predicted octanol–water partition coefficient (Wildman–Crippen LogP) is 0.218. The molecule has 0 spiro atoms. The lowest BCUT2D eigenvalue weighted by Crippen LogP contribution is -2.28. The largest absolute Gasteiger partial charge is 0.464 e. The molecule has 0 heterocycles. The van der Waals surface area contributed by atoms with Gasteiger partial charge in [0.05, 0.1) is 6.61 Å². The van der Waals surface area contributed by atoms with Crippen LogP contribution in [0.25, 0.3) is 0 Å². The van der Waals surface area contributed by atoms with E-state index in [4.69, 9.17) is 5.90 Å². The molecule has 0 aromatic heterocycles. The number of carbonyl (C=O) groups excluding carboxylic acids is 1. The number of nitrogens with two attached hydrogens (primary N) is 1. The van der Waals surface area contributed by atoms with Crippen molar-refractivity contribution in [2.45, 2.75) is 26.4 Å². The molecule has 0 bridgehead atoms. The molecule has 0 radical (unpaired) electrons. The Bertz CT molecular complexity index is 101. The monoisotopic (exact) mass is 147 g/mol. The summed E-state index contributed by atoms with van der Waals surface area (Å²) < 4.78 is 4.64. The van der Waals surface area contributed by atoms with Gasteiger partial charge in [0.2, 0.25) is 0 Å². The van der Waals surface area contributed by atoms with Gasteiger partial charge < -0.3 is 4.74 Å². The molecule has 1 atom stereocenters. The zero-order valence-corrected chi connectivity index (χ0v) is 6.29. The summed E-state index contributed by atoms with van der Waals surface area (Å²) in [5.74, 6) is 4.42. The van der Waals surface area contributed by atoms with Gasteiger partial charge in [0.1, 0.15) is 0 Å². The van der Waals surface area contributed by atoms with Crippen molar-refractivity contribution >= 4 is 5.97 Å². The zero-order chi connectivity index (χ0) is 7.98. The fourth-order valence-corrected chi connectivity index (χ4v) is 0.554. The lowest BCUT2D eigenvalue weighted by Gasteiger charge is -2.09. The van der Waals surface area contributed by atoms with E-state index in [0.717, 1.165) is 0 Å². The minimum Gasteiger partial charge on any atom is -0.464 e. The number of hydrogen-bond donors (Lipinski definition) is 1. The molecule has 0 amide bonds. The van der Waals surface area contributed by atoms with Crippen LogP contribution in [-0.4, -0.2) is 18.7 Å². The average molecular weight is 147 g/mol. The molecule has 0 rings (SSSR count). The number of rotatable bonds is 4. The molecule has 60 valence electrons. The van der Waals surface area contributed by atoms with Gasteiger partial charge in [-0.3, -0.25) is 4.84 Å². The molecule has 0 saturated carbocycles. The van der Waals surface area contributed by atoms with Crippen LogP contribution in [-0.2, 0) is 14.4 Å². The van der Waals surface area contributed by atoms with Crippen molar-refractivity contribution in [3.05, 3.63) is 0 Å². The van der Waals surface area contributed by atoms with Gasteiger partial charge in [-0.05, 0) is 13.3 Å². The molecule has 2 N–H and O–H groups in total. The van der Waals surface area contributed by atoms with Crippen molar-refractivity contribution in [1.29, 1.82) is 0 Å². The number of esters is 1. The highest BCUT2D eigenvalue weighted by Gasteiger charge is 2.16. The lowest BCUT2D eigenvalue weighted by molar-refractivity contribution is -0.157. The maximum absolute atomic E-state index is 10.8. The molecule has 4 heteroatoms. The minimum atomic E-state index is -0.611. The van der Waals surface area contributed by atoms with Crippen LogP contribution >= 0.6 is 0 Å². The minimum absolute atomic E-state index is 0.360. The fourth-order valence-electron chi connectivity index (χ4n) is 0.554. The zero-order valence-electron chi connectivity index (χ0n) is 6.29. The summed E-state index contributed by atoms with van der Waals surface area (Å²) in [4.78, 5) is 15.1. The Hall–Kier alpha value is -0.610. The van der Waals surface area contributed by atoms with Crippen LogP contribution in [0, 0.1) is 0 Å². The van der Waals surface area contributed by atoms with Gasteiger partial charge in [-0.25, -0.2) is 10.7 Å². The van der Waals surface area contributed by atoms with Gasteiger partial charge in [0, 0.05) is 0 Å². The van der Waals surface area contributed by atoms with Crippen LogP contribution in [0.15, 0.2) is 0 Å². The molecule has 0 aromatic rings. The Morgan fingerprint density at radius 1 is 1.60 bits per heavy atom. The van der Waals surface area contributed by atoms with E-state index >= 15 is 0 Å². The second-order valence-corrected chi connectivity index (χ2v) is 1.79. The Kier molecular flexibility index (Phi) is 4.88. The lowest BCUT2D eigenvalue weighted by atomic mass is 10.3. The summed E-state index contributed by atoms with van der Waals surface area (Å²) in [6.07, 6.45) is -0.0741. The van der Waals surface area contributed by atoms with E-state index in [1.165, 1.54) is 0 Å². The third-order valence-corrected chi connectivity index (χ3v) is 1.08. The van der Waals surface area contributed by atoms with Crippen molar-refractivity contribution in [3.8, 4) is 0 Å². The van der Waals surface area contributed by atoms with Crippen molar-refractivity contribution in [3.63, 3.8) is 0 Å². The first-order chi connectivity index (χ1) is 4.76. The molecule has 10 heavy (non-hydrogen) atoms. The topological polar surface area (TPSA) is 61.5 Å². The molecule has 0 saturated heterocycles. The van der Waals surface area contributed by atoms with E-state index in [-0.39, 0.29) is 0 Å². The number of carbonyl (C=O) groups is 1. The Morgan fingerprint density at radius 2 is 2.20 bits per heavy atom. The van der Waals surface area contributed by atoms with Crippen LogP contribution in [0.3, 0.4) is 0 Å². The number of ether oxygens (including phenoxy) is 1. The summed E-state index contributed by atoms with van der Waals surface area (Å²) in [6.45, 7) is 3.90. The molecule has 0 fully saturated rings. The van der Waals surface area contributed by atoms with Crippen LogP contribution in [0.1, 0.15) is 20.3 Å². The van der Waals surface area contributed by atoms with Gasteiger partial charge in [-0.1, -0.05) is 6.92 Å². The first-order valence-corrected chi connectivity index (χ1v) is 3.28. The smallest absolute Gasteiger partial charge is 0.337 e. The van der Waals surface area contributed by atoms with Crippen molar-refractivity contribution in [2.75, 3.05) is 6.61 Å². The highest BCUT2D eigenvalue weighted by molar-refractivity contribution is 5.74. The van der Waals surface area contributed by atoms with E-state index in [2.05, 4.69) is 9.57 Å². The quantitative estimate of drug-likeness (QED) is 0.456. The molecule has 0 aliphatic heterocycles. The molecule has 4 nitrogen and oxygen atoms in total. The van der Waals surface area contributed by atoms with Gasteiger partial charge in [0.25, 0.3) is 0 Å². The summed E-state index contributed by atoms with van der Waals surface area (Å²) in [5, 5.41) is 0. The molecule has 0 aliphatic rings. The fraction of sp³-hybridized carbons (Fsp3) is 0.833. The predicted molar refractivity (Wildman–Crippen MR) is 36.0 cm³/mol. The van der Waals surface area contributed by atoms with Gasteiger partial charge in [-0.15, -0.1) is 0 Å². The maximum atomic E-state index is 10.8. The van der Waals surface area contributed by atoms with Crippen LogP contribution in [0.2, 0.25) is 0 Å². The Labute approximate surface area is 60.2 Å². The molecular formula is C6H13NO3. The molecular weight excluding hydrogens is 134 g/mol. The summed E-state index contributed by atoms with van der Waals surface area (Å²) in [6, 6.07) is 0. The normalized spacial score (nSPS) is 12.7. The van der Waals surface area contributed by atoms with E-state index in [1.807, 2.05) is 0 Å². The summed E-state index contributed by atoms with van der Waals surface area (Å²) >= 11 is 0. The SMILES string of the molecule is CCOC(=O)C(CC)ON. The Balaban J connectivity index is 3.65. The first kappa shape index (κ1) is 9.39. The van der Waals surface area contributed by atoms with E-state index < -0.39 is 12.1 Å². The standard InChI is InChI=1S/C6H13NO3/c1-3-5(10-7)6(8)9-4-2/h5H,3-4,7H2,1-2H3. The third-order valence-electron chi connectivity index (χ3n) is 1.08. The van der Waals surface area contributed by atoms with Crippen LogP contribution in [0.5, 0.6) is 0 Å². The molecule has 1 unspecified atom stereocenters. The summed E-state index contributed by atoms with van der Waals surface area (Å²) in [7, 11) is 0. The highest BCUT2D eigenvalue weighted by Crippen LogP contribution is 1.96. The van der Waals surface area contributed by atoms with Crippen LogP contribution < -0.4 is 5.90 Å². The molecule has 0 aliphatic carbocycles. The number of hydrogen-bond acceptors (Lipinski definition) is 4. The average Bonchev–Trinajstić information content (AvgIpc) is 1.91. The van der Waals surface area contributed by atoms with E-state index in [1.54, 1.807) is 13.8 Å². The van der Waals surface area contributed by atoms with Gasteiger partial charge in [-0.2, -0.15) is 0 Å². The molecule has 0 aromatic carbocycles. The van der Waals surface area contributed by atoms with E-state index in [0.29, 0.717) is 13.0 Å². The van der Waals surface area contributed by atoms with Crippen molar-refractivity contribution < 1.29 is 14.4 Å². The second kappa shape index (κ2) is 5.20. The van der Waals surface area contributed by atoms with Crippen molar-refractivity contribution in [2.24, 2.45) is 5.90 Å². The second-order valence-electron chi connectivity index (χ2n) is 1.79. The van der Waals surface area contributed by atoms with Gasteiger partial charge >= 0.3 is 5.97 Å². The first-order valence-electron chi connectivity index (χ1n) is 3.28. The Morgan fingerprint density at radius 3 is 2.50 bits per heavy atom. The van der Waals surface area contributed by atoms with Crippen molar-refractivity contribution in [1.82, 2.24) is 0 Å². The van der Waals surface area contributed by atoms with Crippen LogP contribution in [0.4, 0.5) is 0 Å². The highest BCUT2D eigenvalue weighted by atomic mass is 16.6.